The maximum Gasteiger partial charge on any atom is 0.410 e. The fourth-order valence-corrected chi connectivity index (χ4v) is 17.4. The van der Waals surface area contributed by atoms with Gasteiger partial charge in [-0.1, -0.05) is 81.4 Å². The average molecular weight is 1900 g/mol. The Balaban J connectivity index is 0.000000366. The third-order valence-electron chi connectivity index (χ3n) is 24.6. The van der Waals surface area contributed by atoms with Gasteiger partial charge >= 0.3 is 24.4 Å². The predicted molar refractivity (Wildman–Crippen MR) is 642 cm³/mol. The number of ether oxygens (including phenoxy) is 9. The van der Waals surface area contributed by atoms with Crippen LogP contribution in [0.15, 0.2) is 150 Å². The average Bonchev–Trinajstić information content (AvgIpc) is 1.61. The highest BCUT2D eigenvalue weighted by Gasteiger charge is 2.47. The highest BCUT2D eigenvalue weighted by atomic mass is 16.6. The lowest BCUT2D eigenvalue weighted by molar-refractivity contribution is -0.191. The Hall–Kier alpha value is -7.88. The second-order valence-corrected chi connectivity index (χ2v) is 38.7. The summed E-state index contributed by atoms with van der Waals surface area (Å²) >= 11 is 0. The number of carbonyl (C=O) groups excluding carboxylic acids is 7. The van der Waals surface area contributed by atoms with Crippen LogP contribution in [-0.4, -0.2) is 474 Å². The van der Waals surface area contributed by atoms with E-state index in [2.05, 4.69) is 62.6 Å². The number of hydrogen-bond donors (Lipinski definition) is 4. The van der Waals surface area contributed by atoms with Crippen molar-refractivity contribution in [1.82, 2.24) is 30.7 Å². The summed E-state index contributed by atoms with van der Waals surface area (Å²) in [7, 11) is 138. The highest BCUT2D eigenvalue weighted by Crippen LogP contribution is 2.38. The highest BCUT2D eigenvalue weighted by molar-refractivity contribution is 8.20. The summed E-state index contributed by atoms with van der Waals surface area (Å²) in [5, 5.41) is 18.6. The number of amides is 5. The zero-order valence-corrected chi connectivity index (χ0v) is 86.3. The van der Waals surface area contributed by atoms with Gasteiger partial charge in [0.25, 0.3) is 11.8 Å². The van der Waals surface area contributed by atoms with Crippen LogP contribution in [0.2, 0.25) is 0 Å². The van der Waals surface area contributed by atoms with Crippen molar-refractivity contribution in [2.75, 3.05) is 101 Å². The molecule has 0 saturated carbocycles. The summed E-state index contributed by atoms with van der Waals surface area (Å²) in [5.41, 5.74) is 12.6. The van der Waals surface area contributed by atoms with Crippen molar-refractivity contribution in [2.24, 2.45) is 5.92 Å². The number of carbonyl (C=O) groups is 5. The second-order valence-electron chi connectivity index (χ2n) is 38.7. The van der Waals surface area contributed by atoms with Gasteiger partial charge in [0.05, 0.1) is 48.1 Å². The minimum atomic E-state index is -0.889. The lowest BCUT2D eigenvalue weighted by Crippen LogP contribution is -2.80. The zero-order valence-electron chi connectivity index (χ0n) is 86.3. The topological polar surface area (TPSA) is 269 Å². The molecule has 6 aromatic carbocycles. The summed E-state index contributed by atoms with van der Waals surface area (Å²) < 4.78 is 49.3. The molecule has 23 nitrogen and oxygen atoms in total. The summed E-state index contributed by atoms with van der Waals surface area (Å²) in [6, 6.07) is 42.9. The molecule has 4 N–H and O–H groups in total. The largest absolute Gasteiger partial charge is 0.497 e. The SMILES string of the molecule is C.CCC1CN(C(=O)OC(C)(C)C)CC1c1ccc(OC)cc1.COc1ccc(C2=C(CO)CN(C(=O)OC(C)(C)C)C2)cc1.COc1ccc(C2=C(COc3ccc4c(c3)C(=O)NC4)CN(C(=O)OC(C)(C)C)C2)cc1.COc1ccc(C2=C(COc3ccc4c(c3)C(=O)NC4)CNC2)cc1.O=C=O.[B]B([B])B([B])B(B(B([B])[B])B([B])[B])B(B([B])[B])B([B])[B].[B][B]B([B])B(B(B([B])[B])B([B])[B])B(B([B])[B])B([B])[B].[B][B][B]. The molecule has 2 atom stereocenters. The van der Waals surface area contributed by atoms with E-state index in [1.807, 2.05) is 170 Å². The molecule has 0 bridgehead atoms. The Morgan fingerprint density at radius 1 is 0.408 bits per heavy atom. The van der Waals surface area contributed by atoms with Gasteiger partial charge in [0.1, 0.15) is 64.5 Å². The summed E-state index contributed by atoms with van der Waals surface area (Å²) in [6.07, 6.45) is -12.5. The van der Waals surface area contributed by atoms with Crippen molar-refractivity contribution in [3.63, 3.8) is 0 Å². The molecule has 5 amide bonds. The van der Waals surface area contributed by atoms with Crippen LogP contribution >= 0.6 is 0 Å². The fraction of sp³-hybridized carbons (Fsp3) is 0.415. The molecule has 12 rings (SSSR count). The molecule has 1 saturated heterocycles. The summed E-state index contributed by atoms with van der Waals surface area (Å²) in [6.45, 7) is 25.7. The number of methoxy groups -OCH3 is 4. The van der Waals surface area contributed by atoms with Crippen LogP contribution in [0.4, 0.5) is 14.4 Å². The molecular weight excluding hydrogens is 1800 g/mol. The minimum absolute atomic E-state index is 0. The van der Waals surface area contributed by atoms with Crippen LogP contribution in [0.5, 0.6) is 34.5 Å². The molecule has 65 heteroatoms. The van der Waals surface area contributed by atoms with Gasteiger partial charge in [0.2, 0.25) is 0 Å². The number of nitrogens with zero attached hydrogens (tertiary/aromatic N) is 3. The molecule has 688 valence electrons. The van der Waals surface area contributed by atoms with Crippen LogP contribution in [0, 0.1) is 5.92 Å². The van der Waals surface area contributed by atoms with Gasteiger partial charge < -0.3 is 68.6 Å². The lowest BCUT2D eigenvalue weighted by Gasteiger charge is -2.42. The molecule has 48 radical (unpaired) electrons. The first kappa shape index (κ1) is 131. The number of fused-ring (bicyclic) bond motifs is 2. The van der Waals surface area contributed by atoms with E-state index in [9.17, 15) is 29.1 Å². The molecule has 6 aliphatic heterocycles. The van der Waals surface area contributed by atoms with E-state index in [0.29, 0.717) is 81.2 Å². The van der Waals surface area contributed by atoms with Crippen LogP contribution in [-0.2, 0) is 36.9 Å². The quantitative estimate of drug-likeness (QED) is 0.0246. The predicted octanol–water partition coefficient (Wildman–Crippen LogP) is -2.80. The molecule has 147 heavy (non-hydrogen) atoms. The first-order valence-corrected chi connectivity index (χ1v) is 47.6. The van der Waals surface area contributed by atoms with Crippen LogP contribution < -0.4 is 44.4 Å². The maximum atomic E-state index is 12.7. The first-order valence-electron chi connectivity index (χ1n) is 47.6. The number of aliphatic hydroxyl groups is 1. The van der Waals surface area contributed by atoms with Gasteiger partial charge in [-0.15, -0.1) is 0 Å². The molecule has 0 aromatic heterocycles. The molecule has 2 unspecified atom stereocenters. The molecular formula is C82H102B42N6O17. The molecule has 6 aliphatic rings. The van der Waals surface area contributed by atoms with E-state index in [1.54, 1.807) is 44.3 Å². The minimum Gasteiger partial charge on any atom is -0.497 e. The molecule has 6 aromatic rings. The monoisotopic (exact) mass is 1910 g/mol. The zero-order chi connectivity index (χ0) is 110. The number of hydrogen-bond acceptors (Lipinski definition) is 18. The Labute approximate surface area is 913 Å². The molecule has 6 heterocycles. The Morgan fingerprint density at radius 3 is 1.04 bits per heavy atom. The Morgan fingerprint density at radius 2 is 0.721 bits per heavy atom. The molecule has 0 aliphatic carbocycles. The van der Waals surface area contributed by atoms with Crippen LogP contribution in [0.25, 0.3) is 16.7 Å². The Kier molecular flexibility index (Phi) is 56.8. The van der Waals surface area contributed by atoms with Crippen LogP contribution in [0.3, 0.4) is 0 Å². The van der Waals surface area contributed by atoms with E-state index >= 15 is 0 Å². The lowest BCUT2D eigenvalue weighted by atomic mass is 8.39. The number of likely N-dealkylation sites (tertiary alicyclic amines) is 1. The van der Waals surface area contributed by atoms with Gasteiger partial charge in [-0.2, -0.15) is 9.59 Å². The fourth-order valence-electron chi connectivity index (χ4n) is 17.4. The van der Waals surface area contributed by atoms with Crippen molar-refractivity contribution < 1.29 is 81.3 Å². The van der Waals surface area contributed by atoms with E-state index in [-0.39, 0.29) is 50.3 Å². The number of benzene rings is 6. The van der Waals surface area contributed by atoms with E-state index in [0.717, 1.165) is 113 Å². The smallest absolute Gasteiger partial charge is 0.410 e. The van der Waals surface area contributed by atoms with E-state index in [1.165, 1.54) is 29.3 Å². The van der Waals surface area contributed by atoms with Gasteiger partial charge in [0.15, 0.2) is 0 Å². The third-order valence-corrected chi connectivity index (χ3v) is 24.6. The third kappa shape index (κ3) is 41.2. The number of nitrogens with one attached hydrogen (secondary N) is 3. The van der Waals surface area contributed by atoms with Crippen molar-refractivity contribution in [3.05, 3.63) is 195 Å². The van der Waals surface area contributed by atoms with Crippen molar-refractivity contribution in [3.8, 4) is 34.5 Å². The second kappa shape index (κ2) is 63.6. The van der Waals surface area contributed by atoms with Gasteiger partial charge in [-0.25, -0.2) is 14.4 Å². The number of aliphatic hydroxyl groups excluding tert-OH is 1. The van der Waals surface area contributed by atoms with Gasteiger partial charge in [-0.3, -0.25) is 19.4 Å². The van der Waals surface area contributed by atoms with Gasteiger partial charge in [0, 0.05) is 370 Å². The van der Waals surface area contributed by atoms with Crippen molar-refractivity contribution in [2.45, 2.75) is 119 Å². The van der Waals surface area contributed by atoms with Crippen LogP contribution in [0.1, 0.15) is 143 Å². The standard InChI is InChI=1S/C25H28N2O5.C20H20N2O3.C18H27NO3.C17H23NO4.CO2.CH4.B20.B19.B3/c1-25(2,3)32-24(29)27-13-18(22(14-27)16-5-8-19(30-4)9-6-16)15-31-20-10-7-17-12-26-23(28)21(17)11-20;1-24-16-5-2-13(3-6-16)19-11-21-9-15(19)12-25-17-7-4-14-10-22-20(23)18(14)8-17;1-6-13-11-19(17(20)22-18(2,3)4)12-16(13)14-7-9-15(21-5)10-8-14;1-17(2,3)22-16(20)18-9-13(11-19)15(10-18)12-5-7-14(21-4)8-6-12;2-1-3;;1-12(2)17(11)20(18(13(3)4)14(5)6)19(15(7)8)16(9)10;1-11-16(10)19(17(12(2)3)13(4)5)18(14(6)7)15(8)9;1-3-2/h5-11H,12-15H2,1-4H3,(H,26,28);2-8,21H,9-12H2,1H3,(H,22,23);7-10,13,16H,6,11-12H2,1-5H3;5-8,19H,9-11H2,1-4H3;;1H4;;;. The Bertz CT molecular complexity index is 5140. The number of rotatable bonds is 32. The normalized spacial score (nSPS) is 14.2. The van der Waals surface area contributed by atoms with Crippen molar-refractivity contribution >= 4 is 354 Å². The van der Waals surface area contributed by atoms with E-state index in [4.69, 9.17) is 215 Å². The van der Waals surface area contributed by atoms with E-state index < -0.39 is 125 Å². The van der Waals surface area contributed by atoms with Gasteiger partial charge in [-0.05, 0) is 208 Å². The first-order chi connectivity index (χ1) is 68.6. The summed E-state index contributed by atoms with van der Waals surface area (Å²) in [5.74, 6) is 5.33. The summed E-state index contributed by atoms with van der Waals surface area (Å²) in [4.78, 5) is 82.3. The maximum absolute atomic E-state index is 12.7. The molecule has 0 spiro atoms. The molecule has 1 fully saturated rings. The van der Waals surface area contributed by atoms with Crippen molar-refractivity contribution in [1.29, 1.82) is 0 Å².